The molecule has 0 bridgehead atoms. The van der Waals surface area contributed by atoms with Crippen LogP contribution in [0.2, 0.25) is 0 Å². The molecule has 0 saturated heterocycles. The molecule has 0 aliphatic carbocycles. The van der Waals surface area contributed by atoms with E-state index in [0.29, 0.717) is 24.7 Å². The van der Waals surface area contributed by atoms with E-state index in [9.17, 15) is 4.79 Å². The van der Waals surface area contributed by atoms with Crippen molar-refractivity contribution < 1.29 is 9.32 Å². The Labute approximate surface area is 100 Å². The molecule has 1 amide bonds. The summed E-state index contributed by atoms with van der Waals surface area (Å²) >= 11 is 0. The Bertz CT molecular complexity index is 419. The lowest BCUT2D eigenvalue weighted by Gasteiger charge is -2.12. The zero-order valence-electron chi connectivity index (χ0n) is 10.2. The summed E-state index contributed by atoms with van der Waals surface area (Å²) in [5, 5.41) is 15.2. The van der Waals surface area contributed by atoms with Crippen molar-refractivity contribution in [2.24, 2.45) is 11.8 Å². The third-order valence-electron chi connectivity index (χ3n) is 2.31. The van der Waals surface area contributed by atoms with Crippen LogP contribution in [-0.4, -0.2) is 22.6 Å². The van der Waals surface area contributed by atoms with Crippen LogP contribution in [-0.2, 0) is 11.2 Å². The number of carbonyl (C=O) groups is 1. The summed E-state index contributed by atoms with van der Waals surface area (Å²) in [6.07, 6.45) is 0.499. The summed E-state index contributed by atoms with van der Waals surface area (Å²) in [5.41, 5.74) is 0. The summed E-state index contributed by atoms with van der Waals surface area (Å²) in [6, 6.07) is 1.99. The smallest absolute Gasteiger partial charge is 0.237 e. The highest BCUT2D eigenvalue weighted by atomic mass is 16.5. The summed E-state index contributed by atoms with van der Waals surface area (Å²) < 4.78 is 4.80. The lowest BCUT2D eigenvalue weighted by Crippen LogP contribution is -2.34. The minimum Gasteiger partial charge on any atom is -0.354 e. The maximum absolute atomic E-state index is 11.6. The fourth-order valence-electron chi connectivity index (χ4n) is 1.36. The van der Waals surface area contributed by atoms with Crippen LogP contribution in [0.25, 0.3) is 0 Å². The first-order valence-corrected chi connectivity index (χ1v) is 5.51. The van der Waals surface area contributed by atoms with E-state index in [1.165, 1.54) is 0 Å². The van der Waals surface area contributed by atoms with Gasteiger partial charge in [-0.25, -0.2) is 0 Å². The first kappa shape index (κ1) is 13.2. The third-order valence-corrected chi connectivity index (χ3v) is 2.31. The topological polar surface area (TPSA) is 91.8 Å². The second-order valence-corrected chi connectivity index (χ2v) is 4.12. The fourth-order valence-corrected chi connectivity index (χ4v) is 1.36. The van der Waals surface area contributed by atoms with Crippen molar-refractivity contribution in [1.82, 2.24) is 15.5 Å². The summed E-state index contributed by atoms with van der Waals surface area (Å²) in [5.74, 6) is 0.210. The molecule has 0 fully saturated rings. The predicted molar refractivity (Wildman–Crippen MR) is 59.7 cm³/mol. The van der Waals surface area contributed by atoms with Crippen LogP contribution in [0, 0.1) is 30.1 Å². The average Bonchev–Trinajstić information content (AvgIpc) is 2.64. The minimum atomic E-state index is -0.609. The molecule has 1 aromatic rings. The molecule has 1 heterocycles. The maximum atomic E-state index is 11.6. The quantitative estimate of drug-likeness (QED) is 0.817. The number of nitriles is 1. The Morgan fingerprint density at radius 1 is 1.59 bits per heavy atom. The first-order valence-electron chi connectivity index (χ1n) is 5.51. The number of aromatic nitrogens is 2. The fraction of sp³-hybridized carbons (Fsp3) is 0.636. The van der Waals surface area contributed by atoms with E-state index in [-0.39, 0.29) is 11.8 Å². The molecule has 0 spiro atoms. The molecule has 1 unspecified atom stereocenters. The maximum Gasteiger partial charge on any atom is 0.237 e. The SMILES string of the molecule is Cc1nc(CCNC(=O)C(C#N)C(C)C)no1. The number of rotatable bonds is 5. The number of nitrogens with zero attached hydrogens (tertiary/aromatic N) is 3. The van der Waals surface area contributed by atoms with Crippen molar-refractivity contribution in [2.75, 3.05) is 6.54 Å². The Balaban J connectivity index is 2.36. The Hall–Kier alpha value is -1.90. The van der Waals surface area contributed by atoms with E-state index in [2.05, 4.69) is 15.5 Å². The van der Waals surface area contributed by atoms with Gasteiger partial charge in [-0.3, -0.25) is 4.79 Å². The molecule has 92 valence electrons. The molecule has 6 heteroatoms. The molecule has 1 aromatic heterocycles. The van der Waals surface area contributed by atoms with Crippen molar-refractivity contribution in [3.63, 3.8) is 0 Å². The van der Waals surface area contributed by atoms with Gasteiger partial charge in [-0.1, -0.05) is 19.0 Å². The highest BCUT2D eigenvalue weighted by Gasteiger charge is 2.21. The third kappa shape index (κ3) is 3.87. The Morgan fingerprint density at radius 3 is 2.76 bits per heavy atom. The number of aryl methyl sites for hydroxylation is 1. The number of hydrogen-bond acceptors (Lipinski definition) is 5. The molecule has 1 atom stereocenters. The highest BCUT2D eigenvalue weighted by Crippen LogP contribution is 2.09. The first-order chi connectivity index (χ1) is 8.04. The van der Waals surface area contributed by atoms with Gasteiger partial charge in [-0.2, -0.15) is 10.2 Å². The number of carbonyl (C=O) groups excluding carboxylic acids is 1. The summed E-state index contributed by atoms with van der Waals surface area (Å²) in [6.45, 7) is 5.80. The molecule has 0 saturated carbocycles. The second-order valence-electron chi connectivity index (χ2n) is 4.12. The lowest BCUT2D eigenvalue weighted by molar-refractivity contribution is -0.124. The van der Waals surface area contributed by atoms with E-state index in [1.807, 2.05) is 19.9 Å². The van der Waals surface area contributed by atoms with E-state index >= 15 is 0 Å². The van der Waals surface area contributed by atoms with Gasteiger partial charge in [0.1, 0.15) is 5.92 Å². The molecule has 0 aliphatic rings. The van der Waals surface area contributed by atoms with E-state index < -0.39 is 5.92 Å². The molecule has 6 nitrogen and oxygen atoms in total. The van der Waals surface area contributed by atoms with Crippen LogP contribution in [0.5, 0.6) is 0 Å². The van der Waals surface area contributed by atoms with Crippen molar-refractivity contribution in [1.29, 1.82) is 5.26 Å². The van der Waals surface area contributed by atoms with Gasteiger partial charge in [-0.05, 0) is 5.92 Å². The van der Waals surface area contributed by atoms with Crippen molar-refractivity contribution in [2.45, 2.75) is 27.2 Å². The zero-order chi connectivity index (χ0) is 12.8. The molecule has 0 aromatic carbocycles. The second kappa shape index (κ2) is 5.99. The van der Waals surface area contributed by atoms with Crippen molar-refractivity contribution in [3.8, 4) is 6.07 Å². The number of nitrogens with one attached hydrogen (secondary N) is 1. The largest absolute Gasteiger partial charge is 0.354 e. The van der Waals surface area contributed by atoms with Crippen LogP contribution < -0.4 is 5.32 Å². The van der Waals surface area contributed by atoms with Gasteiger partial charge in [0.25, 0.3) is 0 Å². The lowest BCUT2D eigenvalue weighted by atomic mass is 9.97. The molecule has 1 rings (SSSR count). The number of amides is 1. The molecule has 0 aliphatic heterocycles. The molecule has 0 radical (unpaired) electrons. The average molecular weight is 236 g/mol. The minimum absolute atomic E-state index is 0.00687. The molecular formula is C11H16N4O2. The summed E-state index contributed by atoms with van der Waals surface area (Å²) in [4.78, 5) is 15.6. The van der Waals surface area contributed by atoms with Crippen LogP contribution in [0.1, 0.15) is 25.6 Å². The molecule has 17 heavy (non-hydrogen) atoms. The van der Waals surface area contributed by atoms with Crippen LogP contribution >= 0.6 is 0 Å². The zero-order valence-corrected chi connectivity index (χ0v) is 10.2. The van der Waals surface area contributed by atoms with Gasteiger partial charge in [0.05, 0.1) is 6.07 Å². The Kier molecular flexibility index (Phi) is 4.64. The van der Waals surface area contributed by atoms with Gasteiger partial charge in [0.2, 0.25) is 11.8 Å². The van der Waals surface area contributed by atoms with Crippen molar-refractivity contribution >= 4 is 5.91 Å². The highest BCUT2D eigenvalue weighted by molar-refractivity contribution is 5.81. The van der Waals surface area contributed by atoms with Crippen LogP contribution in [0.3, 0.4) is 0 Å². The van der Waals surface area contributed by atoms with Gasteiger partial charge in [0.15, 0.2) is 5.82 Å². The monoisotopic (exact) mass is 236 g/mol. The standard InChI is InChI=1S/C11H16N4O2/c1-7(2)9(6-12)11(16)13-5-4-10-14-8(3)17-15-10/h7,9H,4-5H2,1-3H3,(H,13,16). The Morgan fingerprint density at radius 2 is 2.29 bits per heavy atom. The summed E-state index contributed by atoms with van der Waals surface area (Å²) in [7, 11) is 0. The molecular weight excluding hydrogens is 220 g/mol. The predicted octanol–water partition coefficient (Wildman–Crippen LogP) is 0.832. The molecule has 1 N–H and O–H groups in total. The van der Waals surface area contributed by atoms with Gasteiger partial charge >= 0.3 is 0 Å². The van der Waals surface area contributed by atoms with Gasteiger partial charge in [-0.15, -0.1) is 0 Å². The normalized spacial score (nSPS) is 12.2. The van der Waals surface area contributed by atoms with E-state index in [0.717, 1.165) is 0 Å². The van der Waals surface area contributed by atoms with Gasteiger partial charge in [0, 0.05) is 19.9 Å². The number of hydrogen-bond donors (Lipinski definition) is 1. The van der Waals surface area contributed by atoms with Crippen LogP contribution in [0.15, 0.2) is 4.52 Å². The van der Waals surface area contributed by atoms with Gasteiger partial charge < -0.3 is 9.84 Å². The van der Waals surface area contributed by atoms with E-state index in [1.54, 1.807) is 6.92 Å². The van der Waals surface area contributed by atoms with Crippen molar-refractivity contribution in [3.05, 3.63) is 11.7 Å². The van der Waals surface area contributed by atoms with Crippen LogP contribution in [0.4, 0.5) is 0 Å². The van der Waals surface area contributed by atoms with E-state index in [4.69, 9.17) is 9.78 Å².